The molecule has 1 aromatic heterocycles. The number of ether oxygens (including phenoxy) is 1. The summed E-state index contributed by atoms with van der Waals surface area (Å²) in [6.45, 7) is 1.94. The van der Waals surface area contributed by atoms with Gasteiger partial charge in [-0.25, -0.2) is 8.42 Å². The molecule has 0 bridgehead atoms. The van der Waals surface area contributed by atoms with Crippen LogP contribution in [0.3, 0.4) is 0 Å². The van der Waals surface area contributed by atoms with E-state index in [1.54, 1.807) is 16.8 Å². The number of rotatable bonds is 9. The number of hydrogen-bond donors (Lipinski definition) is 2. The van der Waals surface area contributed by atoms with Gasteiger partial charge in [0.15, 0.2) is 0 Å². The van der Waals surface area contributed by atoms with E-state index in [1.807, 2.05) is 47.4 Å². The standard InChI is InChI=1S/C29H33N3O5S2/c1-37-17-5-14-32-24-11-10-23(20-7-4-8-22(27(20)24)29(32)34)30-28(33)19-12-15-31(16-13-19)39(35,36)26-18-38-25-9-3-2-6-21(25)26/h2-3,6,8-11,18-19,28,30,33H,4-5,7,12-17H2,1H3. The van der Waals surface area contributed by atoms with Gasteiger partial charge in [0.2, 0.25) is 10.0 Å². The van der Waals surface area contributed by atoms with E-state index in [1.165, 1.54) is 11.3 Å². The molecule has 8 nitrogen and oxygen atoms in total. The summed E-state index contributed by atoms with van der Waals surface area (Å²) in [5, 5.41) is 17.0. The lowest BCUT2D eigenvalue weighted by Crippen LogP contribution is -2.43. The molecule has 39 heavy (non-hydrogen) atoms. The predicted molar refractivity (Wildman–Crippen MR) is 155 cm³/mol. The van der Waals surface area contributed by atoms with Gasteiger partial charge in [-0.1, -0.05) is 24.3 Å². The zero-order valence-corrected chi connectivity index (χ0v) is 23.6. The van der Waals surface area contributed by atoms with Crippen molar-refractivity contribution < 1.29 is 23.1 Å². The molecule has 1 amide bonds. The van der Waals surface area contributed by atoms with Crippen molar-refractivity contribution in [3.05, 3.63) is 59.0 Å². The molecule has 0 spiro atoms. The third-order valence-corrected chi connectivity index (χ3v) is 11.2. The Hall–Kier alpha value is -2.76. The number of carbonyl (C=O) groups is 1. The topological polar surface area (TPSA) is 99.2 Å². The number of nitrogens with zero attached hydrogens (tertiary/aromatic N) is 2. The van der Waals surface area contributed by atoms with Crippen LogP contribution in [0.2, 0.25) is 0 Å². The zero-order chi connectivity index (χ0) is 27.1. The first-order chi connectivity index (χ1) is 18.9. The highest BCUT2D eigenvalue weighted by molar-refractivity contribution is 7.89. The predicted octanol–water partition coefficient (Wildman–Crippen LogP) is 4.45. The van der Waals surface area contributed by atoms with Crippen molar-refractivity contribution >= 4 is 54.3 Å². The van der Waals surface area contributed by atoms with Gasteiger partial charge in [0.05, 0.1) is 5.69 Å². The van der Waals surface area contributed by atoms with Crippen LogP contribution < -0.4 is 10.2 Å². The van der Waals surface area contributed by atoms with Gasteiger partial charge >= 0.3 is 0 Å². The number of aliphatic hydroxyl groups excluding tert-OH is 1. The average molecular weight is 568 g/mol. The van der Waals surface area contributed by atoms with Gasteiger partial charge in [0.1, 0.15) is 11.1 Å². The highest BCUT2D eigenvalue weighted by Crippen LogP contribution is 2.45. The van der Waals surface area contributed by atoms with Crippen LogP contribution in [0.1, 0.15) is 36.8 Å². The number of piperidine rings is 1. The molecule has 2 N–H and O–H groups in total. The van der Waals surface area contributed by atoms with E-state index in [9.17, 15) is 18.3 Å². The molecule has 3 aliphatic rings. The lowest BCUT2D eigenvalue weighted by atomic mass is 9.89. The second-order valence-corrected chi connectivity index (χ2v) is 13.2. The lowest BCUT2D eigenvalue weighted by Gasteiger charge is -2.34. The van der Waals surface area contributed by atoms with E-state index in [-0.39, 0.29) is 11.8 Å². The Morgan fingerprint density at radius 2 is 1.97 bits per heavy atom. The first-order valence-corrected chi connectivity index (χ1v) is 15.8. The van der Waals surface area contributed by atoms with Gasteiger partial charge in [-0.05, 0) is 55.9 Å². The maximum atomic E-state index is 13.4. The second-order valence-electron chi connectivity index (χ2n) is 10.4. The van der Waals surface area contributed by atoms with Gasteiger partial charge in [0.25, 0.3) is 5.91 Å². The van der Waals surface area contributed by atoms with Crippen LogP contribution in [0.15, 0.2) is 52.7 Å². The molecule has 1 unspecified atom stereocenters. The van der Waals surface area contributed by atoms with Crippen LogP contribution in [0.4, 0.5) is 11.4 Å². The highest BCUT2D eigenvalue weighted by Gasteiger charge is 2.37. The summed E-state index contributed by atoms with van der Waals surface area (Å²) >= 11 is 1.44. The third-order valence-electron chi connectivity index (χ3n) is 8.11. The van der Waals surface area contributed by atoms with E-state index in [4.69, 9.17) is 4.74 Å². The van der Waals surface area contributed by atoms with Gasteiger partial charge in [-0.15, -0.1) is 11.3 Å². The Morgan fingerprint density at radius 1 is 1.18 bits per heavy atom. The van der Waals surface area contributed by atoms with Crippen molar-refractivity contribution in [1.29, 1.82) is 0 Å². The number of sulfonamides is 1. The molecular weight excluding hydrogens is 534 g/mol. The van der Waals surface area contributed by atoms with E-state index >= 15 is 0 Å². The number of anilines is 2. The number of allylic oxidation sites excluding steroid dienone is 1. The van der Waals surface area contributed by atoms with Crippen molar-refractivity contribution in [2.24, 2.45) is 5.92 Å². The van der Waals surface area contributed by atoms with E-state index in [0.29, 0.717) is 44.0 Å². The summed E-state index contributed by atoms with van der Waals surface area (Å²) in [6, 6.07) is 11.5. The molecule has 3 aromatic rings. The third kappa shape index (κ3) is 4.68. The molecule has 10 heteroatoms. The quantitative estimate of drug-likeness (QED) is 0.293. The fraction of sp³-hybridized carbons (Fsp3) is 0.414. The van der Waals surface area contributed by atoms with Crippen LogP contribution in [0, 0.1) is 5.92 Å². The van der Waals surface area contributed by atoms with Crippen LogP contribution in [0.25, 0.3) is 15.7 Å². The lowest BCUT2D eigenvalue weighted by molar-refractivity contribution is -0.113. The average Bonchev–Trinajstić information content (AvgIpc) is 3.51. The van der Waals surface area contributed by atoms with Crippen LogP contribution >= 0.6 is 11.3 Å². The first kappa shape index (κ1) is 26.5. The number of methoxy groups -OCH3 is 1. The van der Waals surface area contributed by atoms with Crippen LogP contribution in [-0.2, 0) is 26.0 Å². The van der Waals surface area contributed by atoms with Gasteiger partial charge in [0, 0.05) is 71.6 Å². The number of aliphatic hydroxyl groups is 1. The second kappa shape index (κ2) is 10.7. The Balaban J connectivity index is 1.15. The van der Waals surface area contributed by atoms with E-state index in [0.717, 1.165) is 57.4 Å². The monoisotopic (exact) mass is 567 g/mol. The van der Waals surface area contributed by atoms with E-state index in [2.05, 4.69) is 5.32 Å². The molecule has 1 atom stereocenters. The minimum atomic E-state index is -3.60. The van der Waals surface area contributed by atoms with Gasteiger partial charge < -0.3 is 20.1 Å². The fourth-order valence-corrected chi connectivity index (χ4v) is 9.00. The van der Waals surface area contributed by atoms with E-state index < -0.39 is 16.3 Å². The Bertz CT molecular complexity index is 1540. The molecule has 2 aromatic carbocycles. The maximum Gasteiger partial charge on any atom is 0.258 e. The van der Waals surface area contributed by atoms with Crippen molar-refractivity contribution in [1.82, 2.24) is 4.31 Å². The number of fused-ring (bicyclic) bond motifs is 1. The summed E-state index contributed by atoms with van der Waals surface area (Å²) in [5.74, 6) is -0.0476. The van der Waals surface area contributed by atoms with Gasteiger partial charge in [-0.2, -0.15) is 4.31 Å². The SMILES string of the molecule is COCCCN1C(=O)C2=CCCc3c(NC(O)C4CCN(S(=O)(=O)c5csc6ccccc56)CC4)ccc1c32. The molecule has 0 radical (unpaired) electrons. The molecule has 206 valence electrons. The maximum absolute atomic E-state index is 13.4. The van der Waals surface area contributed by atoms with Crippen LogP contribution in [0.5, 0.6) is 0 Å². The van der Waals surface area contributed by atoms with Crippen molar-refractivity contribution in [3.63, 3.8) is 0 Å². The summed E-state index contributed by atoms with van der Waals surface area (Å²) in [5.41, 5.74) is 4.57. The molecule has 1 fully saturated rings. The molecule has 0 saturated carbocycles. The smallest absolute Gasteiger partial charge is 0.258 e. The Kier molecular flexibility index (Phi) is 7.24. The molecular formula is C29H33N3O5S2. The molecule has 1 aliphatic carbocycles. The molecule has 3 heterocycles. The van der Waals surface area contributed by atoms with Crippen LogP contribution in [-0.4, -0.2) is 63.3 Å². The Morgan fingerprint density at radius 3 is 2.77 bits per heavy atom. The number of carbonyl (C=O) groups excluding carboxylic acids is 1. The minimum Gasteiger partial charge on any atom is -0.385 e. The summed E-state index contributed by atoms with van der Waals surface area (Å²) in [4.78, 5) is 15.3. The summed E-state index contributed by atoms with van der Waals surface area (Å²) < 4.78 is 34.5. The normalized spacial score (nSPS) is 18.9. The summed E-state index contributed by atoms with van der Waals surface area (Å²) in [7, 11) is -1.94. The largest absolute Gasteiger partial charge is 0.385 e. The van der Waals surface area contributed by atoms with Crippen molar-refractivity contribution in [3.8, 4) is 0 Å². The number of nitrogens with one attached hydrogen (secondary N) is 1. The highest BCUT2D eigenvalue weighted by atomic mass is 32.2. The molecule has 1 saturated heterocycles. The fourth-order valence-electron chi connectivity index (χ4n) is 6.06. The molecule has 6 rings (SSSR count). The first-order valence-electron chi connectivity index (χ1n) is 13.5. The number of benzene rings is 2. The number of thiophene rings is 1. The zero-order valence-electron chi connectivity index (χ0n) is 21.9. The minimum absolute atomic E-state index is 0.0340. The summed E-state index contributed by atoms with van der Waals surface area (Å²) in [6.07, 6.45) is 4.68. The molecule has 2 aliphatic heterocycles. The number of hydrogen-bond acceptors (Lipinski definition) is 7. The number of amides is 1. The van der Waals surface area contributed by atoms with Crippen molar-refractivity contribution in [2.75, 3.05) is 43.6 Å². The van der Waals surface area contributed by atoms with Crippen molar-refractivity contribution in [2.45, 2.75) is 43.2 Å². The Labute approximate surface area is 232 Å². The van der Waals surface area contributed by atoms with Gasteiger partial charge in [-0.3, -0.25) is 4.79 Å².